The summed E-state index contributed by atoms with van der Waals surface area (Å²) in [5, 5.41) is 2.87. The minimum absolute atomic E-state index is 0.0453. The fourth-order valence-corrected chi connectivity index (χ4v) is 5.22. The predicted octanol–water partition coefficient (Wildman–Crippen LogP) is 2.48. The average molecular weight is 429 g/mol. The molecule has 30 heavy (non-hydrogen) atoms. The first-order valence-corrected chi connectivity index (χ1v) is 11.2. The number of oxazole rings is 1. The summed E-state index contributed by atoms with van der Waals surface area (Å²) in [5.41, 5.74) is 2.52. The summed E-state index contributed by atoms with van der Waals surface area (Å²) in [7, 11) is -2.26. The van der Waals surface area contributed by atoms with Crippen LogP contribution in [-0.2, 0) is 21.9 Å². The zero-order chi connectivity index (χ0) is 21.5. The number of amides is 1. The predicted molar refractivity (Wildman–Crippen MR) is 113 cm³/mol. The van der Waals surface area contributed by atoms with Gasteiger partial charge in [-0.15, -0.1) is 0 Å². The van der Waals surface area contributed by atoms with Crippen LogP contribution in [0.4, 0.5) is 5.69 Å². The minimum atomic E-state index is -3.82. The summed E-state index contributed by atoms with van der Waals surface area (Å²) >= 11 is 0. The number of piperidine rings is 1. The van der Waals surface area contributed by atoms with Crippen LogP contribution in [0.15, 0.2) is 56.6 Å². The van der Waals surface area contributed by atoms with Gasteiger partial charge in [0.15, 0.2) is 5.58 Å². The molecule has 4 rings (SSSR count). The van der Waals surface area contributed by atoms with Crippen molar-refractivity contribution in [2.75, 3.05) is 18.4 Å². The van der Waals surface area contributed by atoms with Gasteiger partial charge in [-0.05, 0) is 44.0 Å². The average Bonchev–Trinajstić information content (AvgIpc) is 3.03. The number of carbonyl (C=O) groups excluding carboxylic acids is 1. The number of anilines is 1. The van der Waals surface area contributed by atoms with Gasteiger partial charge in [-0.3, -0.25) is 9.36 Å². The second-order valence-electron chi connectivity index (χ2n) is 7.61. The van der Waals surface area contributed by atoms with E-state index in [1.807, 2.05) is 31.2 Å². The van der Waals surface area contributed by atoms with Crippen molar-refractivity contribution in [1.82, 2.24) is 8.87 Å². The lowest BCUT2D eigenvalue weighted by Gasteiger charge is -2.31. The van der Waals surface area contributed by atoms with Gasteiger partial charge < -0.3 is 9.73 Å². The molecule has 0 saturated carbocycles. The van der Waals surface area contributed by atoms with Gasteiger partial charge in [0.05, 0.1) is 16.3 Å². The summed E-state index contributed by atoms with van der Waals surface area (Å²) in [5.74, 6) is -1.18. The van der Waals surface area contributed by atoms with E-state index < -0.39 is 21.7 Å². The first-order valence-electron chi connectivity index (χ1n) is 9.73. The van der Waals surface area contributed by atoms with Crippen molar-refractivity contribution in [2.24, 2.45) is 13.0 Å². The van der Waals surface area contributed by atoms with Crippen LogP contribution in [0.5, 0.6) is 0 Å². The highest BCUT2D eigenvalue weighted by Gasteiger charge is 2.33. The van der Waals surface area contributed by atoms with Crippen molar-refractivity contribution in [3.63, 3.8) is 0 Å². The van der Waals surface area contributed by atoms with Gasteiger partial charge in [0.2, 0.25) is 15.9 Å². The molecule has 9 heteroatoms. The summed E-state index contributed by atoms with van der Waals surface area (Å²) < 4.78 is 34.1. The maximum atomic E-state index is 13.2. The highest BCUT2D eigenvalue weighted by Crippen LogP contribution is 2.26. The summed E-state index contributed by atoms with van der Waals surface area (Å²) in [6.07, 6.45) is 1.21. The zero-order valence-corrected chi connectivity index (χ0v) is 17.6. The van der Waals surface area contributed by atoms with E-state index in [1.165, 1.54) is 21.0 Å². The van der Waals surface area contributed by atoms with Crippen molar-refractivity contribution in [3.8, 4) is 0 Å². The molecule has 1 aliphatic heterocycles. The van der Waals surface area contributed by atoms with Crippen LogP contribution >= 0.6 is 0 Å². The number of aromatic nitrogens is 1. The molecule has 1 N–H and O–H groups in total. The Morgan fingerprint density at radius 2 is 1.90 bits per heavy atom. The number of carbonyl (C=O) groups is 1. The van der Waals surface area contributed by atoms with Crippen molar-refractivity contribution < 1.29 is 17.6 Å². The Balaban J connectivity index is 1.53. The second-order valence-corrected chi connectivity index (χ2v) is 9.55. The summed E-state index contributed by atoms with van der Waals surface area (Å²) in [6.45, 7) is 2.41. The molecule has 8 nitrogen and oxygen atoms in total. The third kappa shape index (κ3) is 3.78. The van der Waals surface area contributed by atoms with E-state index in [1.54, 1.807) is 13.1 Å². The van der Waals surface area contributed by atoms with Gasteiger partial charge in [-0.2, -0.15) is 4.31 Å². The smallest absolute Gasteiger partial charge is 0.408 e. The van der Waals surface area contributed by atoms with Crippen molar-refractivity contribution in [3.05, 3.63) is 58.6 Å². The Kier molecular flexibility index (Phi) is 5.25. The second kappa shape index (κ2) is 7.73. The first-order chi connectivity index (χ1) is 14.3. The van der Waals surface area contributed by atoms with Gasteiger partial charge >= 0.3 is 5.76 Å². The number of benzene rings is 2. The first kappa shape index (κ1) is 20.4. The highest BCUT2D eigenvalue weighted by molar-refractivity contribution is 7.89. The summed E-state index contributed by atoms with van der Waals surface area (Å²) in [4.78, 5) is 24.4. The molecule has 1 atom stereocenters. The van der Waals surface area contributed by atoms with Crippen LogP contribution < -0.4 is 11.1 Å². The van der Waals surface area contributed by atoms with Gasteiger partial charge in [-0.1, -0.05) is 17.7 Å². The van der Waals surface area contributed by atoms with E-state index in [9.17, 15) is 18.0 Å². The molecular weight excluding hydrogens is 406 g/mol. The lowest BCUT2D eigenvalue weighted by molar-refractivity contribution is -0.120. The Morgan fingerprint density at radius 1 is 1.17 bits per heavy atom. The van der Waals surface area contributed by atoms with E-state index >= 15 is 0 Å². The van der Waals surface area contributed by atoms with Crippen LogP contribution in [0.3, 0.4) is 0 Å². The molecule has 158 valence electrons. The molecule has 1 aliphatic rings. The molecule has 1 saturated heterocycles. The zero-order valence-electron chi connectivity index (χ0n) is 16.8. The number of sulfonamides is 1. The molecule has 0 aliphatic carbocycles. The molecule has 2 aromatic carbocycles. The van der Waals surface area contributed by atoms with Crippen LogP contribution in [0.25, 0.3) is 11.1 Å². The van der Waals surface area contributed by atoms with Gasteiger partial charge in [0.25, 0.3) is 0 Å². The normalized spacial score (nSPS) is 17.9. The summed E-state index contributed by atoms with van der Waals surface area (Å²) in [6, 6.07) is 11.8. The maximum Gasteiger partial charge on any atom is 0.419 e. The molecule has 1 amide bonds. The number of nitrogens with one attached hydrogen (secondary N) is 1. The fourth-order valence-electron chi connectivity index (χ4n) is 3.68. The number of hydrogen-bond acceptors (Lipinski definition) is 5. The Hall–Kier alpha value is -2.91. The number of nitrogens with zero attached hydrogens (tertiary/aromatic N) is 2. The SMILES string of the molecule is Cc1ccc(NC(=O)C2CCCN(S(=O)(=O)c3ccc4c(c3)oc(=O)n4C)C2)cc1. The van der Waals surface area contributed by atoms with Crippen LogP contribution in [0.2, 0.25) is 0 Å². The lowest BCUT2D eigenvalue weighted by atomic mass is 9.98. The van der Waals surface area contributed by atoms with Gasteiger partial charge in [-0.25, -0.2) is 13.2 Å². The fraction of sp³-hybridized carbons (Fsp3) is 0.333. The van der Waals surface area contributed by atoms with Crippen LogP contribution in [0, 0.1) is 12.8 Å². The Morgan fingerprint density at radius 3 is 2.63 bits per heavy atom. The molecular formula is C21H23N3O5S. The number of aryl methyl sites for hydroxylation is 2. The Bertz CT molecular complexity index is 1260. The van der Waals surface area contributed by atoms with E-state index in [4.69, 9.17) is 4.42 Å². The molecule has 1 aromatic heterocycles. The van der Waals surface area contributed by atoms with Crippen LogP contribution in [-0.4, -0.2) is 36.3 Å². The third-order valence-electron chi connectivity index (χ3n) is 5.48. The monoisotopic (exact) mass is 429 g/mol. The molecule has 0 spiro atoms. The Labute approximate surface area is 174 Å². The molecule has 1 fully saturated rings. The van der Waals surface area contributed by atoms with E-state index in [-0.39, 0.29) is 22.9 Å². The molecule has 3 aromatic rings. The van der Waals surface area contributed by atoms with Crippen LogP contribution in [0.1, 0.15) is 18.4 Å². The quantitative estimate of drug-likeness (QED) is 0.687. The molecule has 2 heterocycles. The van der Waals surface area contributed by atoms with Crippen molar-refractivity contribution in [1.29, 1.82) is 0 Å². The molecule has 1 unspecified atom stereocenters. The molecule has 0 radical (unpaired) electrons. The lowest BCUT2D eigenvalue weighted by Crippen LogP contribution is -2.43. The van der Waals surface area contributed by atoms with E-state index in [0.29, 0.717) is 30.6 Å². The standard InChI is InChI=1S/C21H23N3O5S/c1-14-5-7-16(8-6-14)22-20(25)15-4-3-11-24(13-15)30(27,28)17-9-10-18-19(12-17)29-21(26)23(18)2/h5-10,12,15H,3-4,11,13H2,1-2H3,(H,22,25). The largest absolute Gasteiger partial charge is 0.419 e. The van der Waals surface area contributed by atoms with Gasteiger partial charge in [0, 0.05) is 31.9 Å². The highest BCUT2D eigenvalue weighted by atomic mass is 32.2. The topological polar surface area (TPSA) is 102 Å². The van der Waals surface area contributed by atoms with E-state index in [2.05, 4.69) is 5.32 Å². The van der Waals surface area contributed by atoms with Crippen molar-refractivity contribution >= 4 is 32.7 Å². The maximum absolute atomic E-state index is 13.2. The van der Waals surface area contributed by atoms with E-state index in [0.717, 1.165) is 5.56 Å². The van der Waals surface area contributed by atoms with Crippen molar-refractivity contribution in [2.45, 2.75) is 24.7 Å². The third-order valence-corrected chi connectivity index (χ3v) is 7.34. The number of rotatable bonds is 4. The molecule has 0 bridgehead atoms. The number of fused-ring (bicyclic) bond motifs is 1. The number of hydrogen-bond donors (Lipinski definition) is 1. The minimum Gasteiger partial charge on any atom is -0.408 e. The van der Waals surface area contributed by atoms with Gasteiger partial charge in [0.1, 0.15) is 0 Å².